The summed E-state index contributed by atoms with van der Waals surface area (Å²) in [5.74, 6) is 0.850. The number of hydrogen-bond donors (Lipinski definition) is 1. The maximum Gasteiger partial charge on any atom is 0.143 e. The second-order valence-corrected chi connectivity index (χ2v) is 4.06. The number of likely N-dealkylation sites (N-methyl/N-ethyl adjacent to an activating group) is 1. The molecule has 1 unspecified atom stereocenters. The average Bonchev–Trinajstić information content (AvgIpc) is 2.87. The van der Waals surface area contributed by atoms with Crippen LogP contribution in [-0.2, 0) is 13.0 Å². The van der Waals surface area contributed by atoms with Crippen LogP contribution in [-0.4, -0.2) is 34.3 Å². The highest BCUT2D eigenvalue weighted by Crippen LogP contribution is 2.22. The summed E-state index contributed by atoms with van der Waals surface area (Å²) in [4.78, 5) is 2.46. The van der Waals surface area contributed by atoms with Crippen LogP contribution in [0, 0.1) is 0 Å². The molecule has 0 saturated carbocycles. The smallest absolute Gasteiger partial charge is 0.143 e. The molecule has 0 aliphatic carbocycles. The fourth-order valence-electron chi connectivity index (χ4n) is 2.34. The second-order valence-electron chi connectivity index (χ2n) is 4.06. The predicted octanol–water partition coefficient (Wildman–Crippen LogP) is 1.19. The van der Waals surface area contributed by atoms with Crippen molar-refractivity contribution in [3.05, 3.63) is 17.5 Å². The molecule has 0 amide bonds. The van der Waals surface area contributed by atoms with Gasteiger partial charge in [0.05, 0.1) is 12.8 Å². The van der Waals surface area contributed by atoms with Crippen molar-refractivity contribution < 1.29 is 9.63 Å². The lowest BCUT2D eigenvalue weighted by molar-refractivity contribution is 0.242. The molecule has 1 aromatic heterocycles. The van der Waals surface area contributed by atoms with E-state index in [0.717, 1.165) is 24.3 Å². The van der Waals surface area contributed by atoms with Gasteiger partial charge in [-0.3, -0.25) is 0 Å². The number of aromatic nitrogens is 1. The molecule has 2 heterocycles. The van der Waals surface area contributed by atoms with Crippen molar-refractivity contribution >= 4 is 0 Å². The quantitative estimate of drug-likeness (QED) is 0.811. The van der Waals surface area contributed by atoms with E-state index in [1.807, 2.05) is 0 Å². The van der Waals surface area contributed by atoms with Gasteiger partial charge in [0.25, 0.3) is 0 Å². The van der Waals surface area contributed by atoms with Crippen molar-refractivity contribution in [1.82, 2.24) is 10.1 Å². The Labute approximate surface area is 89.9 Å². The number of hydrogen-bond acceptors (Lipinski definition) is 4. The Morgan fingerprint density at radius 1 is 1.67 bits per heavy atom. The van der Waals surface area contributed by atoms with Gasteiger partial charge in [0.1, 0.15) is 5.76 Å². The Morgan fingerprint density at radius 2 is 2.53 bits per heavy atom. The van der Waals surface area contributed by atoms with E-state index in [4.69, 9.17) is 9.63 Å². The van der Waals surface area contributed by atoms with Crippen molar-refractivity contribution in [2.24, 2.45) is 0 Å². The lowest BCUT2D eigenvalue weighted by Gasteiger charge is -2.21. The molecule has 1 N–H and O–H groups in total. The third-order valence-corrected chi connectivity index (χ3v) is 3.23. The lowest BCUT2D eigenvalue weighted by Crippen LogP contribution is -2.30. The molecule has 84 valence electrons. The Morgan fingerprint density at radius 3 is 3.27 bits per heavy atom. The van der Waals surface area contributed by atoms with Crippen molar-refractivity contribution in [1.29, 1.82) is 0 Å². The van der Waals surface area contributed by atoms with Crippen LogP contribution in [0.2, 0.25) is 0 Å². The van der Waals surface area contributed by atoms with Gasteiger partial charge >= 0.3 is 0 Å². The first-order valence-electron chi connectivity index (χ1n) is 5.62. The zero-order chi connectivity index (χ0) is 10.7. The summed E-state index contributed by atoms with van der Waals surface area (Å²) in [6.45, 7) is 4.49. The number of rotatable bonds is 4. The van der Waals surface area contributed by atoms with E-state index in [-0.39, 0.29) is 6.61 Å². The van der Waals surface area contributed by atoms with Gasteiger partial charge in [-0.15, -0.1) is 0 Å². The number of aliphatic hydroxyl groups excluding tert-OH is 1. The first-order chi connectivity index (χ1) is 7.35. The average molecular weight is 210 g/mol. The summed E-state index contributed by atoms with van der Waals surface area (Å²) in [6.07, 6.45) is 4.98. The van der Waals surface area contributed by atoms with Crippen molar-refractivity contribution in [2.75, 3.05) is 13.1 Å². The molecular formula is C11H18N2O2. The lowest BCUT2D eigenvalue weighted by atomic mass is 10.1. The third-order valence-electron chi connectivity index (χ3n) is 3.23. The molecule has 1 atom stereocenters. The van der Waals surface area contributed by atoms with Crippen LogP contribution in [0.15, 0.2) is 10.7 Å². The van der Waals surface area contributed by atoms with Gasteiger partial charge in [-0.25, -0.2) is 0 Å². The Balaban J connectivity index is 2.01. The fraction of sp³-hybridized carbons (Fsp3) is 0.727. The normalized spacial score (nSPS) is 22.4. The molecule has 2 rings (SSSR count). The Bertz CT molecular complexity index is 311. The molecule has 4 heteroatoms. The van der Waals surface area contributed by atoms with E-state index in [0.29, 0.717) is 6.04 Å². The first-order valence-corrected chi connectivity index (χ1v) is 5.62. The third kappa shape index (κ3) is 2.21. The molecule has 1 fully saturated rings. The summed E-state index contributed by atoms with van der Waals surface area (Å²) in [7, 11) is 0. The van der Waals surface area contributed by atoms with Crippen LogP contribution in [0.3, 0.4) is 0 Å². The van der Waals surface area contributed by atoms with E-state index < -0.39 is 0 Å². The van der Waals surface area contributed by atoms with Crippen LogP contribution < -0.4 is 0 Å². The number of likely N-dealkylation sites (tertiary alicyclic amines) is 1. The van der Waals surface area contributed by atoms with E-state index in [1.165, 1.54) is 19.4 Å². The van der Waals surface area contributed by atoms with E-state index in [9.17, 15) is 0 Å². The van der Waals surface area contributed by atoms with Gasteiger partial charge in [-0.05, 0) is 25.9 Å². The summed E-state index contributed by atoms with van der Waals surface area (Å²) >= 11 is 0. The highest BCUT2D eigenvalue weighted by Gasteiger charge is 2.25. The maximum atomic E-state index is 9.09. The molecular weight excluding hydrogens is 192 g/mol. The Hall–Kier alpha value is -0.870. The summed E-state index contributed by atoms with van der Waals surface area (Å²) in [5.41, 5.74) is 0.831. The van der Waals surface area contributed by atoms with Crippen LogP contribution in [0.1, 0.15) is 31.1 Å². The monoisotopic (exact) mass is 210 g/mol. The minimum absolute atomic E-state index is 0.0255. The van der Waals surface area contributed by atoms with Crippen molar-refractivity contribution in [3.63, 3.8) is 0 Å². The fourth-order valence-corrected chi connectivity index (χ4v) is 2.34. The minimum Gasteiger partial charge on any atom is -0.391 e. The van der Waals surface area contributed by atoms with Gasteiger partial charge in [-0.2, -0.15) is 0 Å². The zero-order valence-corrected chi connectivity index (χ0v) is 9.15. The van der Waals surface area contributed by atoms with Gasteiger partial charge in [0.15, 0.2) is 0 Å². The van der Waals surface area contributed by atoms with E-state index >= 15 is 0 Å². The van der Waals surface area contributed by atoms with Crippen molar-refractivity contribution in [3.8, 4) is 0 Å². The molecule has 4 nitrogen and oxygen atoms in total. The second kappa shape index (κ2) is 4.77. The van der Waals surface area contributed by atoms with Crippen LogP contribution in [0.4, 0.5) is 0 Å². The molecule has 0 aromatic carbocycles. The summed E-state index contributed by atoms with van der Waals surface area (Å²) in [5, 5.41) is 12.8. The van der Waals surface area contributed by atoms with Gasteiger partial charge in [-0.1, -0.05) is 12.1 Å². The SMILES string of the molecule is CCN1CCCC1Cc1oncc1CO. The van der Waals surface area contributed by atoms with E-state index in [2.05, 4.69) is 17.0 Å². The molecule has 0 bridgehead atoms. The number of nitrogens with zero attached hydrogens (tertiary/aromatic N) is 2. The summed E-state index contributed by atoms with van der Waals surface area (Å²) < 4.78 is 5.17. The van der Waals surface area contributed by atoms with Crippen LogP contribution in [0.5, 0.6) is 0 Å². The topological polar surface area (TPSA) is 49.5 Å². The maximum absolute atomic E-state index is 9.09. The molecule has 1 aliphatic heterocycles. The molecule has 1 aromatic rings. The largest absolute Gasteiger partial charge is 0.391 e. The zero-order valence-electron chi connectivity index (χ0n) is 9.15. The Kier molecular flexibility index (Phi) is 3.38. The van der Waals surface area contributed by atoms with Crippen LogP contribution in [0.25, 0.3) is 0 Å². The molecule has 0 radical (unpaired) electrons. The van der Waals surface area contributed by atoms with Gasteiger partial charge in [0.2, 0.25) is 0 Å². The molecule has 1 saturated heterocycles. The van der Waals surface area contributed by atoms with Crippen LogP contribution >= 0.6 is 0 Å². The van der Waals surface area contributed by atoms with E-state index in [1.54, 1.807) is 6.20 Å². The predicted molar refractivity (Wildman–Crippen MR) is 56.4 cm³/mol. The van der Waals surface area contributed by atoms with Crippen molar-refractivity contribution in [2.45, 2.75) is 38.8 Å². The minimum atomic E-state index is 0.0255. The van der Waals surface area contributed by atoms with Gasteiger partial charge in [0, 0.05) is 18.0 Å². The highest BCUT2D eigenvalue weighted by molar-refractivity contribution is 5.13. The summed E-state index contributed by atoms with van der Waals surface area (Å²) in [6, 6.07) is 0.563. The first kappa shape index (κ1) is 10.6. The highest BCUT2D eigenvalue weighted by atomic mass is 16.5. The molecule has 0 spiro atoms. The van der Waals surface area contributed by atoms with Gasteiger partial charge < -0.3 is 14.5 Å². The molecule has 1 aliphatic rings. The number of aliphatic hydroxyl groups is 1. The molecule has 15 heavy (non-hydrogen) atoms. The standard InChI is InChI=1S/C11H18N2O2/c1-2-13-5-3-4-10(13)6-11-9(8-14)7-12-15-11/h7,10,14H,2-6,8H2,1H3.